The van der Waals surface area contributed by atoms with Crippen LogP contribution in [0.4, 0.5) is 0 Å². The second kappa shape index (κ2) is 2.73. The molecule has 2 bridgehead atoms. The molecule has 15 heavy (non-hydrogen) atoms. The van der Waals surface area contributed by atoms with Crippen LogP contribution in [0, 0.1) is 0 Å². The van der Waals surface area contributed by atoms with Crippen LogP contribution in [0.5, 0.6) is 0 Å². The van der Waals surface area contributed by atoms with Crippen molar-refractivity contribution in [1.29, 1.82) is 0 Å². The Morgan fingerprint density at radius 3 is 2.47 bits per heavy atom. The Kier molecular flexibility index (Phi) is 1.67. The largest absolute Gasteiger partial charge is 0.386 e. The van der Waals surface area contributed by atoms with E-state index in [-0.39, 0.29) is 0 Å². The topological polar surface area (TPSA) is 20.2 Å². The Bertz CT molecular complexity index is 437. The second-order valence-electron chi connectivity index (χ2n) is 5.24. The Balaban J connectivity index is 2.10. The summed E-state index contributed by atoms with van der Waals surface area (Å²) in [6.07, 6.45) is 5.86. The summed E-state index contributed by atoms with van der Waals surface area (Å²) in [5.74, 6) is 1.24. The van der Waals surface area contributed by atoms with Crippen LogP contribution in [-0.2, 0) is 5.60 Å². The lowest BCUT2D eigenvalue weighted by atomic mass is 9.90. The van der Waals surface area contributed by atoms with Gasteiger partial charge in [-0.2, -0.15) is 0 Å². The first-order chi connectivity index (χ1) is 7.05. The van der Waals surface area contributed by atoms with Gasteiger partial charge in [-0.3, -0.25) is 0 Å². The Morgan fingerprint density at radius 2 is 1.80 bits per heavy atom. The minimum Gasteiger partial charge on any atom is -0.386 e. The predicted molar refractivity (Wildman–Crippen MR) is 60.9 cm³/mol. The first kappa shape index (κ1) is 9.17. The molecule has 0 aliphatic heterocycles. The van der Waals surface area contributed by atoms with Crippen molar-refractivity contribution >= 4 is 0 Å². The lowest BCUT2D eigenvalue weighted by molar-refractivity contribution is 0.0785. The van der Waals surface area contributed by atoms with Gasteiger partial charge in [-0.1, -0.05) is 30.4 Å². The van der Waals surface area contributed by atoms with Gasteiger partial charge in [0.05, 0.1) is 5.60 Å². The fourth-order valence-electron chi connectivity index (χ4n) is 2.77. The maximum Gasteiger partial charge on any atom is 0.0840 e. The highest BCUT2D eigenvalue weighted by Crippen LogP contribution is 2.48. The average Bonchev–Trinajstić information content (AvgIpc) is 2.76. The standard InChI is InChI=1S/C14H16O/c1-14(2,15)11-5-6-12-9-3-4-10(7-9)13(12)8-11/h3-6,8-10,15H,7H2,1-2H3. The molecule has 0 spiro atoms. The average molecular weight is 200 g/mol. The van der Waals surface area contributed by atoms with Crippen LogP contribution in [0.2, 0.25) is 0 Å². The lowest BCUT2D eigenvalue weighted by Crippen LogP contribution is -2.16. The normalized spacial score (nSPS) is 27.1. The summed E-state index contributed by atoms with van der Waals surface area (Å²) in [4.78, 5) is 0. The highest BCUT2D eigenvalue weighted by Gasteiger charge is 2.33. The number of hydrogen-bond donors (Lipinski definition) is 1. The highest BCUT2D eigenvalue weighted by molar-refractivity contribution is 5.49. The van der Waals surface area contributed by atoms with Crippen LogP contribution in [0.25, 0.3) is 0 Å². The molecule has 0 radical (unpaired) electrons. The number of aliphatic hydroxyl groups is 1. The van der Waals surface area contributed by atoms with Gasteiger partial charge in [0.1, 0.15) is 0 Å². The van der Waals surface area contributed by atoms with E-state index in [0.29, 0.717) is 11.8 Å². The molecule has 1 heteroatoms. The molecular weight excluding hydrogens is 184 g/mol. The molecule has 0 saturated heterocycles. The first-order valence-electron chi connectivity index (χ1n) is 5.61. The Labute approximate surface area is 90.4 Å². The van der Waals surface area contributed by atoms with E-state index in [9.17, 15) is 5.11 Å². The van der Waals surface area contributed by atoms with E-state index in [0.717, 1.165) is 5.56 Å². The molecule has 1 nitrogen and oxygen atoms in total. The van der Waals surface area contributed by atoms with E-state index in [2.05, 4.69) is 30.4 Å². The third-order valence-corrected chi connectivity index (χ3v) is 3.68. The zero-order chi connectivity index (χ0) is 10.6. The zero-order valence-corrected chi connectivity index (χ0v) is 9.20. The Hall–Kier alpha value is -1.08. The molecule has 1 N–H and O–H groups in total. The van der Waals surface area contributed by atoms with Gasteiger partial charge >= 0.3 is 0 Å². The van der Waals surface area contributed by atoms with E-state index in [1.54, 1.807) is 0 Å². The summed E-state index contributed by atoms with van der Waals surface area (Å²) < 4.78 is 0. The number of allylic oxidation sites excluding steroid dienone is 2. The van der Waals surface area contributed by atoms with Crippen LogP contribution in [-0.4, -0.2) is 5.11 Å². The molecule has 1 aromatic carbocycles. The van der Waals surface area contributed by atoms with E-state index >= 15 is 0 Å². The van der Waals surface area contributed by atoms with Crippen LogP contribution in [0.15, 0.2) is 30.4 Å². The van der Waals surface area contributed by atoms with Crippen molar-refractivity contribution in [2.75, 3.05) is 0 Å². The number of hydrogen-bond acceptors (Lipinski definition) is 1. The van der Waals surface area contributed by atoms with Crippen molar-refractivity contribution < 1.29 is 5.11 Å². The van der Waals surface area contributed by atoms with E-state index < -0.39 is 5.60 Å². The Morgan fingerprint density at radius 1 is 1.13 bits per heavy atom. The molecule has 3 rings (SSSR count). The van der Waals surface area contributed by atoms with E-state index in [1.165, 1.54) is 17.5 Å². The van der Waals surface area contributed by atoms with E-state index in [4.69, 9.17) is 0 Å². The molecule has 2 aliphatic rings. The van der Waals surface area contributed by atoms with Gasteiger partial charge in [-0.25, -0.2) is 0 Å². The number of rotatable bonds is 1. The summed E-state index contributed by atoms with van der Waals surface area (Å²) in [6.45, 7) is 3.69. The van der Waals surface area contributed by atoms with Crippen LogP contribution in [0.1, 0.15) is 48.8 Å². The molecule has 2 atom stereocenters. The SMILES string of the molecule is CC(C)(O)c1ccc2c(c1)C1C=CC2C1. The monoisotopic (exact) mass is 200 g/mol. The maximum atomic E-state index is 9.97. The van der Waals surface area contributed by atoms with Gasteiger partial charge < -0.3 is 5.11 Å². The quantitative estimate of drug-likeness (QED) is 0.691. The molecule has 0 amide bonds. The van der Waals surface area contributed by atoms with Gasteiger partial charge in [-0.05, 0) is 37.0 Å². The van der Waals surface area contributed by atoms with Gasteiger partial charge in [0.15, 0.2) is 0 Å². The predicted octanol–water partition coefficient (Wildman–Crippen LogP) is 3.05. The van der Waals surface area contributed by atoms with Crippen LogP contribution < -0.4 is 0 Å². The molecule has 0 saturated carbocycles. The maximum absolute atomic E-state index is 9.97. The molecule has 0 fully saturated rings. The minimum atomic E-state index is -0.722. The molecule has 1 aromatic rings. The van der Waals surface area contributed by atoms with Gasteiger partial charge in [0.25, 0.3) is 0 Å². The third kappa shape index (κ3) is 1.26. The third-order valence-electron chi connectivity index (χ3n) is 3.68. The van der Waals surface area contributed by atoms with Crippen LogP contribution >= 0.6 is 0 Å². The van der Waals surface area contributed by atoms with Crippen molar-refractivity contribution in [3.05, 3.63) is 47.0 Å². The molecule has 78 valence electrons. The van der Waals surface area contributed by atoms with Crippen molar-refractivity contribution in [2.24, 2.45) is 0 Å². The smallest absolute Gasteiger partial charge is 0.0840 e. The number of fused-ring (bicyclic) bond motifs is 5. The molecule has 0 heterocycles. The van der Waals surface area contributed by atoms with Gasteiger partial charge in [-0.15, -0.1) is 0 Å². The van der Waals surface area contributed by atoms with Crippen LogP contribution in [0.3, 0.4) is 0 Å². The minimum absolute atomic E-state index is 0.604. The highest BCUT2D eigenvalue weighted by atomic mass is 16.3. The summed E-state index contributed by atoms with van der Waals surface area (Å²) >= 11 is 0. The van der Waals surface area contributed by atoms with Crippen molar-refractivity contribution in [3.8, 4) is 0 Å². The fraction of sp³-hybridized carbons (Fsp3) is 0.429. The van der Waals surface area contributed by atoms with Crippen molar-refractivity contribution in [1.82, 2.24) is 0 Å². The summed E-state index contributed by atoms with van der Waals surface area (Å²) in [7, 11) is 0. The summed E-state index contributed by atoms with van der Waals surface area (Å²) in [5.41, 5.74) is 3.21. The first-order valence-corrected chi connectivity index (χ1v) is 5.61. The van der Waals surface area contributed by atoms with Crippen molar-refractivity contribution in [2.45, 2.75) is 37.7 Å². The molecular formula is C14H16O. The summed E-state index contributed by atoms with van der Waals surface area (Å²) in [5, 5.41) is 9.97. The number of benzene rings is 1. The van der Waals surface area contributed by atoms with E-state index in [1.807, 2.05) is 13.8 Å². The lowest BCUT2D eigenvalue weighted by Gasteiger charge is -2.20. The van der Waals surface area contributed by atoms with Gasteiger partial charge in [0.2, 0.25) is 0 Å². The zero-order valence-electron chi connectivity index (χ0n) is 9.20. The molecule has 0 aromatic heterocycles. The van der Waals surface area contributed by atoms with Gasteiger partial charge in [0, 0.05) is 11.8 Å². The van der Waals surface area contributed by atoms with Crippen molar-refractivity contribution in [3.63, 3.8) is 0 Å². The molecule has 2 aliphatic carbocycles. The summed E-state index contributed by atoms with van der Waals surface area (Å²) in [6, 6.07) is 6.44. The second-order valence-corrected chi connectivity index (χ2v) is 5.24. The fourth-order valence-corrected chi connectivity index (χ4v) is 2.77. The molecule has 2 unspecified atom stereocenters.